The van der Waals surface area contributed by atoms with E-state index >= 15 is 0 Å². The number of carbonyl (C=O) groups is 1. The number of hydrogen-bond acceptors (Lipinski definition) is 5. The molecule has 0 radical (unpaired) electrons. The van der Waals surface area contributed by atoms with E-state index in [1.54, 1.807) is 19.2 Å². The minimum atomic E-state index is -0.484. The summed E-state index contributed by atoms with van der Waals surface area (Å²) >= 11 is 0. The SMILES string of the molecule is Cc1cc(COC(=O)c2cn3c(C)cccc3n2)on1. The summed E-state index contributed by atoms with van der Waals surface area (Å²) in [5.41, 5.74) is 2.74. The monoisotopic (exact) mass is 271 g/mol. The van der Waals surface area contributed by atoms with E-state index in [-0.39, 0.29) is 12.3 Å². The fourth-order valence-electron chi connectivity index (χ4n) is 1.94. The molecule has 0 aliphatic rings. The van der Waals surface area contributed by atoms with Crippen LogP contribution in [0.4, 0.5) is 0 Å². The van der Waals surface area contributed by atoms with Crippen LogP contribution in [0.25, 0.3) is 5.65 Å². The Bertz CT molecular complexity index is 773. The number of ether oxygens (including phenoxy) is 1. The second kappa shape index (κ2) is 4.80. The van der Waals surface area contributed by atoms with Crippen molar-refractivity contribution in [2.24, 2.45) is 0 Å². The zero-order valence-corrected chi connectivity index (χ0v) is 11.2. The Kier molecular flexibility index (Phi) is 2.98. The summed E-state index contributed by atoms with van der Waals surface area (Å²) in [6.07, 6.45) is 1.67. The van der Waals surface area contributed by atoms with Crippen LogP contribution in [-0.4, -0.2) is 20.5 Å². The highest BCUT2D eigenvalue weighted by atomic mass is 16.5. The minimum absolute atomic E-state index is 0.0481. The van der Waals surface area contributed by atoms with Crippen LogP contribution < -0.4 is 0 Å². The van der Waals surface area contributed by atoms with Gasteiger partial charge in [-0.05, 0) is 26.0 Å². The predicted molar refractivity (Wildman–Crippen MR) is 70.3 cm³/mol. The van der Waals surface area contributed by atoms with E-state index < -0.39 is 5.97 Å². The minimum Gasteiger partial charge on any atom is -0.453 e. The van der Waals surface area contributed by atoms with E-state index in [2.05, 4.69) is 10.1 Å². The van der Waals surface area contributed by atoms with Crippen molar-refractivity contribution in [1.29, 1.82) is 0 Å². The van der Waals surface area contributed by atoms with Crippen molar-refractivity contribution in [1.82, 2.24) is 14.5 Å². The number of imidazole rings is 1. The molecule has 0 aliphatic heterocycles. The molecule has 0 fully saturated rings. The van der Waals surface area contributed by atoms with Crippen molar-refractivity contribution in [2.75, 3.05) is 0 Å². The average molecular weight is 271 g/mol. The molecule has 0 amide bonds. The number of hydrogen-bond donors (Lipinski definition) is 0. The molecule has 0 aliphatic carbocycles. The first-order chi connectivity index (χ1) is 9.63. The molecule has 0 unspecified atom stereocenters. The fraction of sp³-hybridized carbons (Fsp3) is 0.214. The van der Waals surface area contributed by atoms with Crippen LogP contribution in [-0.2, 0) is 11.3 Å². The Balaban J connectivity index is 1.77. The van der Waals surface area contributed by atoms with Crippen LogP contribution in [0.5, 0.6) is 0 Å². The van der Waals surface area contributed by atoms with Gasteiger partial charge in [-0.3, -0.25) is 0 Å². The van der Waals surface area contributed by atoms with Crippen LogP contribution in [0.1, 0.15) is 27.6 Å². The summed E-state index contributed by atoms with van der Waals surface area (Å²) in [6.45, 7) is 3.80. The third-order valence-electron chi connectivity index (χ3n) is 2.93. The van der Waals surface area contributed by atoms with Crippen molar-refractivity contribution >= 4 is 11.6 Å². The number of nitrogens with zero attached hydrogens (tertiary/aromatic N) is 3. The maximum absolute atomic E-state index is 11.9. The molecule has 0 aromatic carbocycles. The van der Waals surface area contributed by atoms with Gasteiger partial charge in [-0.25, -0.2) is 9.78 Å². The van der Waals surface area contributed by atoms with E-state index in [1.807, 2.05) is 29.5 Å². The lowest BCUT2D eigenvalue weighted by Gasteiger charge is -1.98. The standard InChI is InChI=1S/C14H13N3O3/c1-9-6-11(20-16-9)8-19-14(18)12-7-17-10(2)4-3-5-13(17)15-12/h3-7H,8H2,1-2H3. The van der Waals surface area contributed by atoms with Gasteiger partial charge in [-0.15, -0.1) is 0 Å². The highest BCUT2D eigenvalue weighted by Crippen LogP contribution is 2.11. The van der Waals surface area contributed by atoms with Gasteiger partial charge in [0.1, 0.15) is 5.65 Å². The lowest BCUT2D eigenvalue weighted by molar-refractivity contribution is 0.0431. The highest BCUT2D eigenvalue weighted by molar-refractivity contribution is 5.87. The van der Waals surface area contributed by atoms with E-state index in [0.717, 1.165) is 11.4 Å². The lowest BCUT2D eigenvalue weighted by Crippen LogP contribution is -2.05. The molecule has 6 heteroatoms. The lowest BCUT2D eigenvalue weighted by atomic mass is 10.4. The third-order valence-corrected chi connectivity index (χ3v) is 2.93. The summed E-state index contributed by atoms with van der Waals surface area (Å²) < 4.78 is 12.0. The van der Waals surface area contributed by atoms with Crippen LogP contribution in [0, 0.1) is 13.8 Å². The van der Waals surface area contributed by atoms with Gasteiger partial charge in [0.15, 0.2) is 18.1 Å². The van der Waals surface area contributed by atoms with E-state index in [1.165, 1.54) is 0 Å². The van der Waals surface area contributed by atoms with Crippen LogP contribution >= 0.6 is 0 Å². The van der Waals surface area contributed by atoms with Crippen LogP contribution in [0.3, 0.4) is 0 Å². The van der Waals surface area contributed by atoms with Gasteiger partial charge >= 0.3 is 5.97 Å². The van der Waals surface area contributed by atoms with Crippen molar-refractivity contribution in [3.05, 3.63) is 53.3 Å². The largest absolute Gasteiger partial charge is 0.453 e. The van der Waals surface area contributed by atoms with Gasteiger partial charge in [-0.2, -0.15) is 0 Å². The summed E-state index contributed by atoms with van der Waals surface area (Å²) in [5.74, 6) is 0.0259. The Morgan fingerprint density at radius 3 is 2.95 bits per heavy atom. The topological polar surface area (TPSA) is 69.6 Å². The van der Waals surface area contributed by atoms with Gasteiger partial charge in [0.2, 0.25) is 0 Å². The van der Waals surface area contributed by atoms with Gasteiger partial charge in [0.25, 0.3) is 0 Å². The number of fused-ring (bicyclic) bond motifs is 1. The second-order valence-corrected chi connectivity index (χ2v) is 4.53. The number of carbonyl (C=O) groups excluding carboxylic acids is 1. The van der Waals surface area contributed by atoms with E-state index in [0.29, 0.717) is 11.4 Å². The molecule has 0 N–H and O–H groups in total. The Hall–Kier alpha value is -2.63. The molecule has 20 heavy (non-hydrogen) atoms. The zero-order valence-electron chi connectivity index (χ0n) is 11.2. The molecule has 3 rings (SSSR count). The first-order valence-corrected chi connectivity index (χ1v) is 6.17. The van der Waals surface area contributed by atoms with Gasteiger partial charge in [0, 0.05) is 18.0 Å². The molecular weight excluding hydrogens is 258 g/mol. The summed E-state index contributed by atoms with van der Waals surface area (Å²) in [7, 11) is 0. The fourth-order valence-corrected chi connectivity index (χ4v) is 1.94. The molecular formula is C14H13N3O3. The summed E-state index contributed by atoms with van der Waals surface area (Å²) in [5, 5.41) is 3.73. The van der Waals surface area contributed by atoms with Crippen molar-refractivity contribution in [3.63, 3.8) is 0 Å². The number of esters is 1. The Morgan fingerprint density at radius 1 is 1.40 bits per heavy atom. The van der Waals surface area contributed by atoms with Crippen molar-refractivity contribution in [3.8, 4) is 0 Å². The Morgan fingerprint density at radius 2 is 2.25 bits per heavy atom. The molecule has 3 aromatic heterocycles. The number of pyridine rings is 1. The maximum atomic E-state index is 11.9. The van der Waals surface area contributed by atoms with Gasteiger partial charge < -0.3 is 13.7 Å². The van der Waals surface area contributed by atoms with E-state index in [4.69, 9.17) is 9.26 Å². The molecule has 0 saturated carbocycles. The predicted octanol–water partition coefficient (Wildman–Crippen LogP) is 2.30. The first kappa shape index (κ1) is 12.4. The quantitative estimate of drug-likeness (QED) is 0.683. The molecule has 0 atom stereocenters. The molecule has 3 aromatic rings. The second-order valence-electron chi connectivity index (χ2n) is 4.53. The maximum Gasteiger partial charge on any atom is 0.359 e. The number of aromatic nitrogens is 3. The smallest absolute Gasteiger partial charge is 0.359 e. The Labute approximate surface area is 115 Å². The molecule has 3 heterocycles. The molecule has 0 spiro atoms. The normalized spacial score (nSPS) is 10.9. The van der Waals surface area contributed by atoms with Crippen LogP contribution in [0.2, 0.25) is 0 Å². The number of aryl methyl sites for hydroxylation is 2. The van der Waals surface area contributed by atoms with Crippen molar-refractivity contribution in [2.45, 2.75) is 20.5 Å². The molecule has 6 nitrogen and oxygen atoms in total. The average Bonchev–Trinajstić information content (AvgIpc) is 3.03. The molecule has 102 valence electrons. The molecule has 0 saturated heterocycles. The summed E-state index contributed by atoms with van der Waals surface area (Å²) in [4.78, 5) is 16.2. The highest BCUT2D eigenvalue weighted by Gasteiger charge is 2.14. The van der Waals surface area contributed by atoms with Gasteiger partial charge in [0.05, 0.1) is 5.69 Å². The summed E-state index contributed by atoms with van der Waals surface area (Å²) in [6, 6.07) is 7.40. The zero-order chi connectivity index (χ0) is 14.1. The van der Waals surface area contributed by atoms with Gasteiger partial charge in [-0.1, -0.05) is 11.2 Å². The van der Waals surface area contributed by atoms with Crippen molar-refractivity contribution < 1.29 is 14.1 Å². The first-order valence-electron chi connectivity index (χ1n) is 6.17. The third kappa shape index (κ3) is 2.27. The number of rotatable bonds is 3. The molecule has 0 bridgehead atoms. The van der Waals surface area contributed by atoms with E-state index in [9.17, 15) is 4.79 Å². The van der Waals surface area contributed by atoms with Crippen LogP contribution in [0.15, 0.2) is 35.0 Å².